The van der Waals surface area contributed by atoms with E-state index < -0.39 is 24.5 Å². The minimum atomic E-state index is -0.618. The average Bonchev–Trinajstić information content (AvgIpc) is 2.48. The van der Waals surface area contributed by atoms with Gasteiger partial charge in [0.1, 0.15) is 18.4 Å². The molecule has 1 saturated heterocycles. The number of amides is 1. The first-order valence-electron chi connectivity index (χ1n) is 7.70. The average molecular weight is 344 g/mol. The maximum atomic E-state index is 12.9. The fourth-order valence-corrected chi connectivity index (χ4v) is 2.58. The zero-order valence-electron chi connectivity index (χ0n) is 13.7. The molecule has 0 N–H and O–H groups in total. The Morgan fingerprint density at radius 3 is 2.61 bits per heavy atom. The van der Waals surface area contributed by atoms with E-state index in [0.29, 0.717) is 11.4 Å². The van der Waals surface area contributed by atoms with Gasteiger partial charge in [-0.05, 0) is 44.9 Å². The highest BCUT2D eigenvalue weighted by molar-refractivity contribution is 6.30. The van der Waals surface area contributed by atoms with Gasteiger partial charge in [0.05, 0.1) is 19.2 Å². The second-order valence-corrected chi connectivity index (χ2v) is 7.16. The van der Waals surface area contributed by atoms with Crippen molar-refractivity contribution in [3.8, 4) is 0 Å². The normalized spacial score (nSPS) is 22.0. The molecule has 1 amide bonds. The molecule has 0 saturated carbocycles. The second kappa shape index (κ2) is 7.49. The van der Waals surface area contributed by atoms with Crippen LogP contribution in [0.3, 0.4) is 0 Å². The lowest BCUT2D eigenvalue weighted by Gasteiger charge is -2.39. The Morgan fingerprint density at radius 1 is 1.39 bits per heavy atom. The number of benzene rings is 1. The summed E-state index contributed by atoms with van der Waals surface area (Å²) in [6.07, 6.45) is -0.419. The summed E-state index contributed by atoms with van der Waals surface area (Å²) < 4.78 is 23.9. The van der Waals surface area contributed by atoms with Gasteiger partial charge in [0, 0.05) is 5.02 Å². The molecule has 4 nitrogen and oxygen atoms in total. The minimum Gasteiger partial charge on any atom is -0.444 e. The fraction of sp³-hybridized carbons (Fsp3) is 0.588. The first-order valence-corrected chi connectivity index (χ1v) is 8.08. The molecule has 23 heavy (non-hydrogen) atoms. The van der Waals surface area contributed by atoms with E-state index in [4.69, 9.17) is 21.1 Å². The van der Waals surface area contributed by atoms with Crippen LogP contribution in [0.25, 0.3) is 0 Å². The highest BCUT2D eigenvalue weighted by Crippen LogP contribution is 2.21. The Hall–Kier alpha value is -1.33. The number of hydrogen-bond donors (Lipinski definition) is 0. The molecule has 0 unspecified atom stereocenters. The summed E-state index contributed by atoms with van der Waals surface area (Å²) in [7, 11) is 0. The molecule has 0 spiro atoms. The van der Waals surface area contributed by atoms with Crippen LogP contribution in [0.2, 0.25) is 5.02 Å². The van der Waals surface area contributed by atoms with Crippen LogP contribution in [0.5, 0.6) is 0 Å². The van der Waals surface area contributed by atoms with Crippen LogP contribution in [0.15, 0.2) is 24.3 Å². The summed E-state index contributed by atoms with van der Waals surface area (Å²) >= 11 is 5.89. The third-order valence-electron chi connectivity index (χ3n) is 3.55. The summed E-state index contributed by atoms with van der Waals surface area (Å²) in [5, 5.41) is 0.662. The number of alkyl halides is 1. The molecular weight excluding hydrogens is 321 g/mol. The van der Waals surface area contributed by atoms with Gasteiger partial charge >= 0.3 is 6.09 Å². The monoisotopic (exact) mass is 343 g/mol. The molecule has 1 heterocycles. The Kier molecular flexibility index (Phi) is 5.87. The Labute approximate surface area is 141 Å². The van der Waals surface area contributed by atoms with Crippen molar-refractivity contribution in [2.45, 2.75) is 44.9 Å². The van der Waals surface area contributed by atoms with Crippen LogP contribution in [0.1, 0.15) is 26.3 Å². The Morgan fingerprint density at radius 2 is 2.04 bits per heavy atom. The fourth-order valence-electron chi connectivity index (χ4n) is 2.46. The Bertz CT molecular complexity index is 530. The first kappa shape index (κ1) is 18.0. The summed E-state index contributed by atoms with van der Waals surface area (Å²) in [4.78, 5) is 14.0. The van der Waals surface area contributed by atoms with Crippen LogP contribution < -0.4 is 0 Å². The van der Waals surface area contributed by atoms with Crippen molar-refractivity contribution >= 4 is 17.7 Å². The predicted octanol–water partition coefficient (Wildman–Crippen LogP) is 3.86. The smallest absolute Gasteiger partial charge is 0.410 e. The maximum absolute atomic E-state index is 12.9. The molecule has 0 radical (unpaired) electrons. The van der Waals surface area contributed by atoms with Crippen LogP contribution >= 0.6 is 11.6 Å². The molecule has 6 heteroatoms. The molecule has 1 aromatic carbocycles. The van der Waals surface area contributed by atoms with Crippen molar-refractivity contribution in [2.75, 3.05) is 19.8 Å². The van der Waals surface area contributed by atoms with Gasteiger partial charge in [-0.2, -0.15) is 0 Å². The predicted molar refractivity (Wildman–Crippen MR) is 87.6 cm³/mol. The third-order valence-corrected chi connectivity index (χ3v) is 3.80. The molecule has 1 aliphatic heterocycles. The molecule has 128 valence electrons. The van der Waals surface area contributed by atoms with E-state index in [9.17, 15) is 9.18 Å². The van der Waals surface area contributed by atoms with Crippen molar-refractivity contribution in [1.82, 2.24) is 4.90 Å². The van der Waals surface area contributed by atoms with E-state index in [1.807, 2.05) is 45.0 Å². The number of carbonyl (C=O) groups is 1. The van der Waals surface area contributed by atoms with E-state index in [0.717, 1.165) is 5.56 Å². The lowest BCUT2D eigenvalue weighted by Crippen LogP contribution is -2.54. The van der Waals surface area contributed by atoms with Crippen LogP contribution in [0.4, 0.5) is 9.18 Å². The van der Waals surface area contributed by atoms with Crippen molar-refractivity contribution < 1.29 is 18.7 Å². The van der Waals surface area contributed by atoms with Crippen LogP contribution in [-0.4, -0.2) is 48.6 Å². The van der Waals surface area contributed by atoms with Crippen molar-refractivity contribution in [2.24, 2.45) is 0 Å². The number of rotatable bonds is 3. The Balaban J connectivity index is 2.11. The van der Waals surface area contributed by atoms with Crippen molar-refractivity contribution in [3.63, 3.8) is 0 Å². The molecule has 1 aromatic rings. The highest BCUT2D eigenvalue weighted by atomic mass is 35.5. The summed E-state index contributed by atoms with van der Waals surface area (Å²) in [5.74, 6) is 0. The number of morpholine rings is 1. The summed E-state index contributed by atoms with van der Waals surface area (Å²) in [6.45, 7) is 5.30. The van der Waals surface area contributed by atoms with E-state index in [-0.39, 0.29) is 19.2 Å². The third kappa shape index (κ3) is 5.36. The van der Waals surface area contributed by atoms with Crippen molar-refractivity contribution in [1.29, 1.82) is 0 Å². The van der Waals surface area contributed by atoms with Gasteiger partial charge in [-0.1, -0.05) is 23.7 Å². The number of ether oxygens (including phenoxy) is 2. The van der Waals surface area contributed by atoms with E-state index in [1.165, 1.54) is 0 Å². The zero-order valence-corrected chi connectivity index (χ0v) is 14.5. The molecule has 0 bridgehead atoms. The maximum Gasteiger partial charge on any atom is 0.410 e. The lowest BCUT2D eigenvalue weighted by molar-refractivity contribution is -0.0754. The van der Waals surface area contributed by atoms with Gasteiger partial charge in [0.2, 0.25) is 0 Å². The number of hydrogen-bond acceptors (Lipinski definition) is 3. The largest absolute Gasteiger partial charge is 0.444 e. The molecule has 1 aliphatic rings. The molecule has 2 rings (SSSR count). The quantitative estimate of drug-likeness (QED) is 0.836. The zero-order chi connectivity index (χ0) is 17.0. The SMILES string of the molecule is CC(C)(C)OC(=O)N1C[C@H](CF)OC[C@@H]1Cc1ccc(Cl)cc1. The van der Waals surface area contributed by atoms with Gasteiger partial charge in [0.15, 0.2) is 0 Å². The van der Waals surface area contributed by atoms with Gasteiger partial charge in [-0.3, -0.25) is 4.90 Å². The molecule has 0 aliphatic carbocycles. The number of halogens is 2. The standard InChI is InChI=1S/C17H23ClFNO3/c1-17(2,3)23-16(21)20-10-15(9-19)22-11-14(20)8-12-4-6-13(18)7-5-12/h4-7,14-15H,8-11H2,1-3H3/t14-,15-/m0/s1. The van der Waals surface area contributed by atoms with E-state index >= 15 is 0 Å². The molecule has 2 atom stereocenters. The van der Waals surface area contributed by atoms with Gasteiger partial charge in [-0.25, -0.2) is 9.18 Å². The summed E-state index contributed by atoms with van der Waals surface area (Å²) in [5.41, 5.74) is 0.445. The van der Waals surface area contributed by atoms with E-state index in [1.54, 1.807) is 4.90 Å². The molecule has 1 fully saturated rings. The minimum absolute atomic E-state index is 0.186. The number of carbonyl (C=O) groups excluding carboxylic acids is 1. The van der Waals surface area contributed by atoms with E-state index in [2.05, 4.69) is 0 Å². The topological polar surface area (TPSA) is 38.8 Å². The highest BCUT2D eigenvalue weighted by Gasteiger charge is 2.35. The second-order valence-electron chi connectivity index (χ2n) is 6.73. The van der Waals surface area contributed by atoms with Crippen LogP contribution in [-0.2, 0) is 15.9 Å². The van der Waals surface area contributed by atoms with Gasteiger partial charge in [0.25, 0.3) is 0 Å². The first-order chi connectivity index (χ1) is 10.8. The number of nitrogens with zero attached hydrogens (tertiary/aromatic N) is 1. The van der Waals surface area contributed by atoms with Gasteiger partial charge < -0.3 is 9.47 Å². The van der Waals surface area contributed by atoms with Crippen LogP contribution in [0, 0.1) is 0 Å². The summed E-state index contributed by atoms with van der Waals surface area (Å²) in [6, 6.07) is 7.26. The lowest BCUT2D eigenvalue weighted by atomic mass is 10.0. The molecule has 0 aromatic heterocycles. The van der Waals surface area contributed by atoms with Gasteiger partial charge in [-0.15, -0.1) is 0 Å². The molecular formula is C17H23ClFNO3. The van der Waals surface area contributed by atoms with Crippen molar-refractivity contribution in [3.05, 3.63) is 34.9 Å².